The highest BCUT2D eigenvalue weighted by Crippen LogP contribution is 2.37. The standard InChI is InChI=1S/C14H16N2S/c1-9-7-12(14-15-8-10(2)17-14)11-5-3-4-6-13(11)16-9/h3-7,10,14-15H,8H2,1-2H3. The number of nitrogens with zero attached hydrogens (tertiary/aromatic N) is 1. The van der Waals surface area contributed by atoms with Crippen molar-refractivity contribution in [2.24, 2.45) is 0 Å². The minimum absolute atomic E-state index is 0.414. The Morgan fingerprint density at radius 2 is 2.18 bits per heavy atom. The fraction of sp³-hybridized carbons (Fsp3) is 0.357. The summed E-state index contributed by atoms with van der Waals surface area (Å²) in [4.78, 5) is 4.59. The average Bonchev–Trinajstić information content (AvgIpc) is 2.74. The Morgan fingerprint density at radius 3 is 2.94 bits per heavy atom. The van der Waals surface area contributed by atoms with Crippen LogP contribution in [0.25, 0.3) is 10.9 Å². The molecule has 2 atom stereocenters. The highest BCUT2D eigenvalue weighted by molar-refractivity contribution is 8.00. The summed E-state index contributed by atoms with van der Waals surface area (Å²) in [5, 5.41) is 5.95. The molecule has 1 saturated heterocycles. The van der Waals surface area contributed by atoms with E-state index in [2.05, 4.69) is 54.5 Å². The summed E-state index contributed by atoms with van der Waals surface area (Å²) >= 11 is 2.00. The van der Waals surface area contributed by atoms with Gasteiger partial charge in [-0.25, -0.2) is 0 Å². The van der Waals surface area contributed by atoms with E-state index in [4.69, 9.17) is 0 Å². The number of hydrogen-bond donors (Lipinski definition) is 1. The Labute approximate surface area is 106 Å². The molecule has 0 aliphatic carbocycles. The van der Waals surface area contributed by atoms with Crippen molar-refractivity contribution >= 4 is 22.7 Å². The maximum Gasteiger partial charge on any atom is 0.0800 e. The number of pyridine rings is 1. The van der Waals surface area contributed by atoms with Crippen LogP contribution in [-0.2, 0) is 0 Å². The number of nitrogens with one attached hydrogen (secondary N) is 1. The monoisotopic (exact) mass is 244 g/mol. The van der Waals surface area contributed by atoms with E-state index in [1.165, 1.54) is 10.9 Å². The van der Waals surface area contributed by atoms with E-state index in [9.17, 15) is 0 Å². The Kier molecular flexibility index (Phi) is 2.81. The van der Waals surface area contributed by atoms with Crippen LogP contribution in [0, 0.1) is 6.92 Å². The fourth-order valence-corrected chi connectivity index (χ4v) is 3.53. The minimum atomic E-state index is 0.414. The zero-order valence-corrected chi connectivity index (χ0v) is 10.9. The van der Waals surface area contributed by atoms with Crippen LogP contribution in [0.4, 0.5) is 0 Å². The van der Waals surface area contributed by atoms with Gasteiger partial charge >= 0.3 is 0 Å². The van der Waals surface area contributed by atoms with Crippen molar-refractivity contribution in [3.8, 4) is 0 Å². The van der Waals surface area contributed by atoms with Gasteiger partial charge in [-0.1, -0.05) is 25.1 Å². The van der Waals surface area contributed by atoms with Gasteiger partial charge in [-0.3, -0.25) is 4.98 Å². The van der Waals surface area contributed by atoms with E-state index in [-0.39, 0.29) is 0 Å². The third-order valence-corrected chi connectivity index (χ3v) is 4.44. The molecule has 3 heteroatoms. The first kappa shape index (κ1) is 11.1. The molecule has 1 fully saturated rings. The fourth-order valence-electron chi connectivity index (χ4n) is 2.34. The summed E-state index contributed by atoms with van der Waals surface area (Å²) in [6.07, 6.45) is 0. The van der Waals surface area contributed by atoms with E-state index in [0.29, 0.717) is 10.6 Å². The molecule has 1 aromatic heterocycles. The molecular formula is C14H16N2S. The number of aromatic nitrogens is 1. The largest absolute Gasteiger partial charge is 0.301 e. The van der Waals surface area contributed by atoms with Crippen LogP contribution in [0.5, 0.6) is 0 Å². The third-order valence-electron chi connectivity index (χ3n) is 3.12. The molecule has 88 valence electrons. The summed E-state index contributed by atoms with van der Waals surface area (Å²) in [6, 6.07) is 10.6. The van der Waals surface area contributed by atoms with Gasteiger partial charge in [-0.15, -0.1) is 11.8 Å². The lowest BCUT2D eigenvalue weighted by Gasteiger charge is -2.14. The van der Waals surface area contributed by atoms with E-state index in [1.807, 2.05) is 11.8 Å². The minimum Gasteiger partial charge on any atom is -0.301 e. The van der Waals surface area contributed by atoms with E-state index in [1.54, 1.807) is 0 Å². The van der Waals surface area contributed by atoms with Gasteiger partial charge in [0.2, 0.25) is 0 Å². The molecule has 0 saturated carbocycles. The number of rotatable bonds is 1. The number of hydrogen-bond acceptors (Lipinski definition) is 3. The van der Waals surface area contributed by atoms with Crippen molar-refractivity contribution in [1.82, 2.24) is 10.3 Å². The van der Waals surface area contributed by atoms with Crippen LogP contribution < -0.4 is 5.32 Å². The lowest BCUT2D eigenvalue weighted by atomic mass is 10.1. The van der Waals surface area contributed by atoms with Crippen molar-refractivity contribution in [3.63, 3.8) is 0 Å². The molecule has 1 N–H and O–H groups in total. The van der Waals surface area contributed by atoms with Gasteiger partial charge in [0.25, 0.3) is 0 Å². The number of thioether (sulfide) groups is 1. The summed E-state index contributed by atoms with van der Waals surface area (Å²) in [5.41, 5.74) is 3.58. The normalized spacial score (nSPS) is 24.4. The van der Waals surface area contributed by atoms with Gasteiger partial charge in [0, 0.05) is 22.9 Å². The van der Waals surface area contributed by atoms with Gasteiger partial charge < -0.3 is 5.32 Å². The predicted molar refractivity (Wildman–Crippen MR) is 74.3 cm³/mol. The molecule has 1 aliphatic rings. The maximum absolute atomic E-state index is 4.59. The zero-order chi connectivity index (χ0) is 11.8. The molecule has 1 aliphatic heterocycles. The zero-order valence-electron chi connectivity index (χ0n) is 10.1. The topological polar surface area (TPSA) is 24.9 Å². The quantitative estimate of drug-likeness (QED) is 0.833. The number of para-hydroxylation sites is 1. The third kappa shape index (κ3) is 2.05. The van der Waals surface area contributed by atoms with Gasteiger partial charge in [0.1, 0.15) is 0 Å². The van der Waals surface area contributed by atoms with E-state index in [0.717, 1.165) is 17.8 Å². The second-order valence-corrected chi connectivity index (χ2v) is 6.15. The first-order chi connectivity index (χ1) is 8.24. The van der Waals surface area contributed by atoms with Gasteiger partial charge in [0.15, 0.2) is 0 Å². The van der Waals surface area contributed by atoms with Gasteiger partial charge in [-0.2, -0.15) is 0 Å². The highest BCUT2D eigenvalue weighted by Gasteiger charge is 2.24. The van der Waals surface area contributed by atoms with Crippen LogP contribution in [0.3, 0.4) is 0 Å². The molecule has 0 amide bonds. The van der Waals surface area contributed by atoms with Crippen molar-refractivity contribution in [2.75, 3.05) is 6.54 Å². The van der Waals surface area contributed by atoms with E-state index < -0.39 is 0 Å². The van der Waals surface area contributed by atoms with Gasteiger partial charge in [-0.05, 0) is 24.6 Å². The van der Waals surface area contributed by atoms with Crippen LogP contribution in [0.2, 0.25) is 0 Å². The molecule has 3 rings (SSSR count). The van der Waals surface area contributed by atoms with Crippen molar-refractivity contribution in [1.29, 1.82) is 0 Å². The number of aryl methyl sites for hydroxylation is 1. The molecule has 2 heterocycles. The molecule has 17 heavy (non-hydrogen) atoms. The molecule has 0 spiro atoms. The molecule has 1 aromatic carbocycles. The Hall–Kier alpha value is -1.06. The van der Waals surface area contributed by atoms with Crippen molar-refractivity contribution < 1.29 is 0 Å². The smallest absolute Gasteiger partial charge is 0.0800 e. The predicted octanol–water partition coefficient (Wildman–Crippen LogP) is 3.27. The van der Waals surface area contributed by atoms with Crippen LogP contribution in [-0.4, -0.2) is 16.8 Å². The van der Waals surface area contributed by atoms with Gasteiger partial charge in [0.05, 0.1) is 10.9 Å². The van der Waals surface area contributed by atoms with Crippen molar-refractivity contribution in [3.05, 3.63) is 41.6 Å². The molecule has 0 radical (unpaired) electrons. The second-order valence-electron chi connectivity index (χ2n) is 4.61. The summed E-state index contributed by atoms with van der Waals surface area (Å²) in [5.74, 6) is 0. The average molecular weight is 244 g/mol. The summed E-state index contributed by atoms with van der Waals surface area (Å²) < 4.78 is 0. The molecular weight excluding hydrogens is 228 g/mol. The summed E-state index contributed by atoms with van der Waals surface area (Å²) in [6.45, 7) is 5.43. The first-order valence-electron chi connectivity index (χ1n) is 5.99. The molecule has 0 bridgehead atoms. The molecule has 2 nitrogen and oxygen atoms in total. The maximum atomic E-state index is 4.59. The number of benzene rings is 1. The van der Waals surface area contributed by atoms with Crippen LogP contribution >= 0.6 is 11.8 Å². The van der Waals surface area contributed by atoms with Crippen LogP contribution in [0.1, 0.15) is 23.6 Å². The first-order valence-corrected chi connectivity index (χ1v) is 6.93. The summed E-state index contributed by atoms with van der Waals surface area (Å²) in [7, 11) is 0. The lowest BCUT2D eigenvalue weighted by Crippen LogP contribution is -2.14. The molecule has 2 unspecified atom stereocenters. The Morgan fingerprint density at radius 1 is 1.35 bits per heavy atom. The number of fused-ring (bicyclic) bond motifs is 1. The van der Waals surface area contributed by atoms with E-state index >= 15 is 0 Å². The van der Waals surface area contributed by atoms with Crippen LogP contribution in [0.15, 0.2) is 30.3 Å². The highest BCUT2D eigenvalue weighted by atomic mass is 32.2. The van der Waals surface area contributed by atoms with Crippen molar-refractivity contribution in [2.45, 2.75) is 24.5 Å². The Balaban J connectivity index is 2.14. The SMILES string of the molecule is Cc1cc(C2NCC(C)S2)c2ccccc2n1. The Bertz CT molecular complexity index is 553. The lowest BCUT2D eigenvalue weighted by molar-refractivity contribution is 0.720. The second kappa shape index (κ2) is 4.31. The molecule has 2 aromatic rings.